The van der Waals surface area contributed by atoms with Gasteiger partial charge in [-0.1, -0.05) is 12.1 Å². The van der Waals surface area contributed by atoms with Crippen LogP contribution in [-0.4, -0.2) is 32.4 Å². The molecule has 0 spiro atoms. The second-order valence-corrected chi connectivity index (χ2v) is 5.92. The van der Waals surface area contributed by atoms with E-state index in [9.17, 15) is 9.90 Å². The third-order valence-electron chi connectivity index (χ3n) is 3.40. The minimum atomic E-state index is -0.192. The number of hydrogen-bond donors (Lipinski definition) is 2. The number of aliphatic hydroxyl groups excluding tert-OH is 1. The molecule has 0 fully saturated rings. The highest BCUT2D eigenvalue weighted by Crippen LogP contribution is 2.22. The molecule has 2 heterocycles. The second kappa shape index (κ2) is 7.17. The molecule has 2 aromatic heterocycles. The zero-order chi connectivity index (χ0) is 16.1. The van der Waals surface area contributed by atoms with Crippen LogP contribution in [0.25, 0.3) is 5.69 Å². The SMILES string of the molecule is O=C(N[C@H](CCO)c1cccs1)c1cccc(-n2cncn2)c1. The molecule has 0 aliphatic rings. The van der Waals surface area contributed by atoms with E-state index < -0.39 is 0 Å². The molecule has 0 saturated carbocycles. The van der Waals surface area contributed by atoms with Crippen LogP contribution in [0.2, 0.25) is 0 Å². The number of aromatic nitrogens is 3. The van der Waals surface area contributed by atoms with Crippen molar-refractivity contribution < 1.29 is 9.90 Å². The van der Waals surface area contributed by atoms with E-state index in [0.717, 1.165) is 10.6 Å². The molecular weight excluding hydrogens is 312 g/mol. The Morgan fingerprint density at radius 1 is 1.35 bits per heavy atom. The molecule has 3 aromatic rings. The predicted molar refractivity (Wildman–Crippen MR) is 87.6 cm³/mol. The number of thiophene rings is 1. The molecule has 0 saturated heterocycles. The Hall–Kier alpha value is -2.51. The molecule has 3 rings (SSSR count). The van der Waals surface area contributed by atoms with Gasteiger partial charge < -0.3 is 10.4 Å². The first-order chi connectivity index (χ1) is 11.3. The van der Waals surface area contributed by atoms with Gasteiger partial charge >= 0.3 is 0 Å². The van der Waals surface area contributed by atoms with Crippen molar-refractivity contribution in [3.8, 4) is 5.69 Å². The Labute approximate surface area is 137 Å². The van der Waals surface area contributed by atoms with Crippen molar-refractivity contribution in [2.75, 3.05) is 6.61 Å². The average Bonchev–Trinajstić information content (AvgIpc) is 3.28. The maximum Gasteiger partial charge on any atom is 0.251 e. The van der Waals surface area contributed by atoms with Gasteiger partial charge in [-0.15, -0.1) is 11.3 Å². The highest BCUT2D eigenvalue weighted by Gasteiger charge is 2.16. The first-order valence-corrected chi connectivity index (χ1v) is 8.06. The lowest BCUT2D eigenvalue weighted by Crippen LogP contribution is -2.28. The van der Waals surface area contributed by atoms with E-state index in [-0.39, 0.29) is 18.6 Å². The second-order valence-electron chi connectivity index (χ2n) is 4.94. The average molecular weight is 328 g/mol. The van der Waals surface area contributed by atoms with Crippen LogP contribution in [0.15, 0.2) is 54.4 Å². The third-order valence-corrected chi connectivity index (χ3v) is 4.39. The molecular formula is C16H16N4O2S. The van der Waals surface area contributed by atoms with Crippen molar-refractivity contribution in [1.82, 2.24) is 20.1 Å². The van der Waals surface area contributed by atoms with Crippen molar-refractivity contribution in [1.29, 1.82) is 0 Å². The topological polar surface area (TPSA) is 80.0 Å². The molecule has 6 nitrogen and oxygen atoms in total. The molecule has 7 heteroatoms. The van der Waals surface area contributed by atoms with Gasteiger partial charge in [0.2, 0.25) is 0 Å². The fraction of sp³-hybridized carbons (Fsp3) is 0.188. The summed E-state index contributed by atoms with van der Waals surface area (Å²) in [5.74, 6) is -0.182. The predicted octanol–water partition coefficient (Wildman–Crippen LogP) is 2.18. The van der Waals surface area contributed by atoms with Gasteiger partial charge in [0.25, 0.3) is 5.91 Å². The van der Waals surface area contributed by atoms with Gasteiger partial charge in [-0.3, -0.25) is 4.79 Å². The van der Waals surface area contributed by atoms with E-state index in [1.54, 1.807) is 40.5 Å². The maximum atomic E-state index is 12.5. The van der Waals surface area contributed by atoms with Crippen molar-refractivity contribution in [2.45, 2.75) is 12.5 Å². The number of carbonyl (C=O) groups excluding carboxylic acids is 1. The molecule has 1 amide bonds. The lowest BCUT2D eigenvalue weighted by Gasteiger charge is -2.16. The number of aliphatic hydroxyl groups is 1. The normalized spacial score (nSPS) is 12.0. The Morgan fingerprint density at radius 2 is 2.26 bits per heavy atom. The van der Waals surface area contributed by atoms with Gasteiger partial charge in [0, 0.05) is 17.0 Å². The minimum absolute atomic E-state index is 0.0157. The summed E-state index contributed by atoms with van der Waals surface area (Å²) in [6.45, 7) is 0.0157. The van der Waals surface area contributed by atoms with Crippen LogP contribution in [0, 0.1) is 0 Å². The van der Waals surface area contributed by atoms with Gasteiger partial charge in [0.05, 0.1) is 11.7 Å². The smallest absolute Gasteiger partial charge is 0.251 e. The fourth-order valence-electron chi connectivity index (χ4n) is 2.28. The first kappa shape index (κ1) is 15.4. The van der Waals surface area contributed by atoms with Crippen molar-refractivity contribution in [2.24, 2.45) is 0 Å². The Balaban J connectivity index is 1.78. The summed E-state index contributed by atoms with van der Waals surface area (Å²) in [5.41, 5.74) is 1.31. The van der Waals surface area contributed by atoms with Crippen LogP contribution >= 0.6 is 11.3 Å². The van der Waals surface area contributed by atoms with Gasteiger partial charge in [-0.2, -0.15) is 5.10 Å². The lowest BCUT2D eigenvalue weighted by molar-refractivity contribution is 0.0931. The zero-order valence-electron chi connectivity index (χ0n) is 12.3. The maximum absolute atomic E-state index is 12.5. The molecule has 2 N–H and O–H groups in total. The van der Waals surface area contributed by atoms with Crippen molar-refractivity contribution in [3.63, 3.8) is 0 Å². The number of hydrogen-bond acceptors (Lipinski definition) is 5. The van der Waals surface area contributed by atoms with Crippen LogP contribution in [0.3, 0.4) is 0 Å². The number of carbonyl (C=O) groups is 1. The summed E-state index contributed by atoms with van der Waals surface area (Å²) in [5, 5.41) is 18.2. The minimum Gasteiger partial charge on any atom is -0.396 e. The number of benzene rings is 1. The van der Waals surface area contributed by atoms with E-state index in [4.69, 9.17) is 0 Å². The van der Waals surface area contributed by atoms with Gasteiger partial charge in [-0.05, 0) is 36.1 Å². The molecule has 0 bridgehead atoms. The van der Waals surface area contributed by atoms with Crippen LogP contribution < -0.4 is 5.32 Å². The standard InChI is InChI=1S/C16H16N4O2S/c21-7-6-14(15-5-2-8-23-15)19-16(22)12-3-1-4-13(9-12)20-11-17-10-18-20/h1-5,8-11,14,21H,6-7H2,(H,19,22)/t14-/m1/s1. The van der Waals surface area contributed by atoms with Crippen LogP contribution in [0.4, 0.5) is 0 Å². The van der Waals surface area contributed by atoms with Gasteiger partial charge in [-0.25, -0.2) is 9.67 Å². The van der Waals surface area contributed by atoms with Gasteiger partial charge in [0.15, 0.2) is 0 Å². The fourth-order valence-corrected chi connectivity index (χ4v) is 3.09. The summed E-state index contributed by atoms with van der Waals surface area (Å²) in [6, 6.07) is 10.9. The largest absolute Gasteiger partial charge is 0.396 e. The summed E-state index contributed by atoms with van der Waals surface area (Å²) in [4.78, 5) is 17.4. The summed E-state index contributed by atoms with van der Waals surface area (Å²) in [7, 11) is 0. The lowest BCUT2D eigenvalue weighted by atomic mass is 10.1. The number of nitrogens with one attached hydrogen (secondary N) is 1. The molecule has 0 radical (unpaired) electrons. The quantitative estimate of drug-likeness (QED) is 0.727. The molecule has 0 unspecified atom stereocenters. The Bertz CT molecular complexity index is 756. The van der Waals surface area contributed by atoms with Crippen LogP contribution in [0.1, 0.15) is 27.7 Å². The highest BCUT2D eigenvalue weighted by molar-refractivity contribution is 7.10. The Morgan fingerprint density at radius 3 is 2.96 bits per heavy atom. The first-order valence-electron chi connectivity index (χ1n) is 7.18. The number of amides is 1. The monoisotopic (exact) mass is 328 g/mol. The van der Waals surface area contributed by atoms with Gasteiger partial charge in [0.1, 0.15) is 12.7 Å². The van der Waals surface area contributed by atoms with E-state index in [1.165, 1.54) is 6.33 Å². The summed E-state index contributed by atoms with van der Waals surface area (Å²) < 4.78 is 1.60. The molecule has 1 atom stereocenters. The molecule has 23 heavy (non-hydrogen) atoms. The van der Waals surface area contributed by atoms with E-state index >= 15 is 0 Å². The third kappa shape index (κ3) is 3.64. The van der Waals surface area contributed by atoms with Crippen molar-refractivity contribution in [3.05, 3.63) is 64.9 Å². The number of rotatable bonds is 6. The molecule has 1 aromatic carbocycles. The van der Waals surface area contributed by atoms with Crippen LogP contribution in [0.5, 0.6) is 0 Å². The van der Waals surface area contributed by atoms with E-state index in [1.807, 2.05) is 23.6 Å². The van der Waals surface area contributed by atoms with E-state index in [0.29, 0.717) is 12.0 Å². The Kier molecular flexibility index (Phi) is 4.80. The van der Waals surface area contributed by atoms with E-state index in [2.05, 4.69) is 15.4 Å². The molecule has 118 valence electrons. The number of nitrogens with zero attached hydrogens (tertiary/aromatic N) is 3. The highest BCUT2D eigenvalue weighted by atomic mass is 32.1. The summed E-state index contributed by atoms with van der Waals surface area (Å²) >= 11 is 1.56. The van der Waals surface area contributed by atoms with Crippen molar-refractivity contribution >= 4 is 17.2 Å². The summed E-state index contributed by atoms with van der Waals surface area (Å²) in [6.07, 6.45) is 3.51. The molecule has 0 aliphatic heterocycles. The molecule has 0 aliphatic carbocycles. The van der Waals surface area contributed by atoms with Crippen LogP contribution in [-0.2, 0) is 0 Å². The zero-order valence-corrected chi connectivity index (χ0v) is 13.1.